The first-order valence-electron chi connectivity index (χ1n) is 7.28. The Morgan fingerprint density at radius 1 is 1.33 bits per heavy atom. The van der Waals surface area contributed by atoms with E-state index in [4.69, 9.17) is 9.84 Å². The van der Waals surface area contributed by atoms with Crippen molar-refractivity contribution in [3.05, 3.63) is 23.8 Å². The van der Waals surface area contributed by atoms with E-state index in [1.807, 2.05) is 32.0 Å². The van der Waals surface area contributed by atoms with Crippen molar-refractivity contribution in [2.24, 2.45) is 11.8 Å². The number of amides is 1. The van der Waals surface area contributed by atoms with Crippen LogP contribution < -0.4 is 10.1 Å². The predicted octanol–water partition coefficient (Wildman–Crippen LogP) is 2.83. The van der Waals surface area contributed by atoms with E-state index < -0.39 is 5.97 Å². The summed E-state index contributed by atoms with van der Waals surface area (Å²) in [7, 11) is 0. The molecule has 1 fully saturated rings. The SMILES string of the molecule is CCOc1ccc(NC(=O)C2CCC(C(=O)O)C2)c(C)c1. The van der Waals surface area contributed by atoms with E-state index in [9.17, 15) is 9.59 Å². The van der Waals surface area contributed by atoms with E-state index in [2.05, 4.69) is 5.32 Å². The van der Waals surface area contributed by atoms with Gasteiger partial charge < -0.3 is 15.2 Å². The van der Waals surface area contributed by atoms with Crippen molar-refractivity contribution in [1.82, 2.24) is 0 Å². The van der Waals surface area contributed by atoms with Crippen LogP contribution in [0.3, 0.4) is 0 Å². The fourth-order valence-electron chi connectivity index (χ4n) is 2.71. The maximum Gasteiger partial charge on any atom is 0.306 e. The van der Waals surface area contributed by atoms with Gasteiger partial charge in [-0.15, -0.1) is 0 Å². The molecule has 0 aromatic heterocycles. The third-order valence-electron chi connectivity index (χ3n) is 3.92. The number of carbonyl (C=O) groups is 2. The van der Waals surface area contributed by atoms with Crippen LogP contribution in [-0.4, -0.2) is 23.6 Å². The molecule has 5 nitrogen and oxygen atoms in total. The molecule has 1 aliphatic carbocycles. The highest BCUT2D eigenvalue weighted by molar-refractivity contribution is 5.94. The molecule has 1 aliphatic rings. The summed E-state index contributed by atoms with van der Waals surface area (Å²) in [5.74, 6) is -0.715. The highest BCUT2D eigenvalue weighted by Gasteiger charge is 2.33. The number of hydrogen-bond acceptors (Lipinski definition) is 3. The molecule has 2 N–H and O–H groups in total. The molecule has 2 rings (SSSR count). The van der Waals surface area contributed by atoms with Crippen LogP contribution >= 0.6 is 0 Å². The Morgan fingerprint density at radius 2 is 2.05 bits per heavy atom. The van der Waals surface area contributed by atoms with Crippen LogP contribution in [0.25, 0.3) is 0 Å². The average molecular weight is 291 g/mol. The molecular weight excluding hydrogens is 270 g/mol. The monoisotopic (exact) mass is 291 g/mol. The van der Waals surface area contributed by atoms with Gasteiger partial charge in [0.25, 0.3) is 0 Å². The zero-order valence-corrected chi connectivity index (χ0v) is 12.4. The van der Waals surface area contributed by atoms with E-state index >= 15 is 0 Å². The summed E-state index contributed by atoms with van der Waals surface area (Å²) >= 11 is 0. The quantitative estimate of drug-likeness (QED) is 0.874. The average Bonchev–Trinajstić information content (AvgIpc) is 2.92. The fraction of sp³-hybridized carbons (Fsp3) is 0.500. The van der Waals surface area contributed by atoms with Crippen LogP contribution in [0.1, 0.15) is 31.7 Å². The van der Waals surface area contributed by atoms with Crippen molar-refractivity contribution in [2.75, 3.05) is 11.9 Å². The molecule has 0 bridgehead atoms. The standard InChI is InChI=1S/C16H21NO4/c1-3-21-13-6-7-14(10(2)8-13)17-15(18)11-4-5-12(9-11)16(19)20/h6-8,11-12H,3-5,9H2,1-2H3,(H,17,18)(H,19,20). The Labute approximate surface area is 124 Å². The Balaban J connectivity index is 1.98. The van der Waals surface area contributed by atoms with E-state index in [0.717, 1.165) is 17.0 Å². The largest absolute Gasteiger partial charge is 0.494 e. The number of rotatable bonds is 5. The number of carbonyl (C=O) groups excluding carboxylic acids is 1. The lowest BCUT2D eigenvalue weighted by atomic mass is 10.0. The van der Waals surface area contributed by atoms with Crippen molar-refractivity contribution < 1.29 is 19.4 Å². The number of anilines is 1. The molecule has 5 heteroatoms. The lowest BCUT2D eigenvalue weighted by molar-refractivity contribution is -0.141. The van der Waals surface area contributed by atoms with Crippen molar-refractivity contribution in [2.45, 2.75) is 33.1 Å². The third kappa shape index (κ3) is 3.74. The number of carboxylic acids is 1. The minimum atomic E-state index is -0.803. The highest BCUT2D eigenvalue weighted by Crippen LogP contribution is 2.32. The molecule has 114 valence electrons. The van der Waals surface area contributed by atoms with Gasteiger partial charge in [-0.1, -0.05) is 0 Å². The van der Waals surface area contributed by atoms with Crippen LogP contribution in [0.15, 0.2) is 18.2 Å². The van der Waals surface area contributed by atoms with Gasteiger partial charge in [-0.3, -0.25) is 9.59 Å². The maximum atomic E-state index is 12.2. The second-order valence-corrected chi connectivity index (χ2v) is 5.44. The molecule has 0 heterocycles. The molecular formula is C16H21NO4. The number of aryl methyl sites for hydroxylation is 1. The van der Waals surface area contributed by atoms with Gasteiger partial charge in [0.05, 0.1) is 12.5 Å². The summed E-state index contributed by atoms with van der Waals surface area (Å²) in [4.78, 5) is 23.1. The Hall–Kier alpha value is -2.04. The van der Waals surface area contributed by atoms with Crippen LogP contribution in [0.2, 0.25) is 0 Å². The van der Waals surface area contributed by atoms with Crippen LogP contribution in [0, 0.1) is 18.8 Å². The van der Waals surface area contributed by atoms with Gasteiger partial charge in [-0.25, -0.2) is 0 Å². The minimum Gasteiger partial charge on any atom is -0.494 e. The van der Waals surface area contributed by atoms with Crippen molar-refractivity contribution >= 4 is 17.6 Å². The van der Waals surface area contributed by atoms with Gasteiger partial charge in [0.1, 0.15) is 5.75 Å². The summed E-state index contributed by atoms with van der Waals surface area (Å²) in [5.41, 5.74) is 1.68. The summed E-state index contributed by atoms with van der Waals surface area (Å²) in [6.45, 7) is 4.43. The molecule has 0 saturated heterocycles. The first-order valence-corrected chi connectivity index (χ1v) is 7.28. The molecule has 21 heavy (non-hydrogen) atoms. The molecule has 2 unspecified atom stereocenters. The van der Waals surface area contributed by atoms with E-state index in [-0.39, 0.29) is 17.7 Å². The van der Waals surface area contributed by atoms with Crippen molar-refractivity contribution in [3.8, 4) is 5.75 Å². The van der Waals surface area contributed by atoms with Gasteiger partial charge in [0.15, 0.2) is 0 Å². The molecule has 1 aromatic rings. The summed E-state index contributed by atoms with van der Waals surface area (Å²) in [6.07, 6.45) is 1.64. The molecule has 0 aliphatic heterocycles. The predicted molar refractivity (Wildman–Crippen MR) is 79.4 cm³/mol. The van der Waals surface area contributed by atoms with Gasteiger partial charge >= 0.3 is 5.97 Å². The number of benzene rings is 1. The summed E-state index contributed by atoms with van der Waals surface area (Å²) in [6, 6.07) is 5.52. The second-order valence-electron chi connectivity index (χ2n) is 5.44. The number of carboxylic acid groups (broad SMARTS) is 1. The summed E-state index contributed by atoms with van der Waals surface area (Å²) < 4.78 is 5.41. The third-order valence-corrected chi connectivity index (χ3v) is 3.92. The van der Waals surface area contributed by atoms with Crippen LogP contribution in [0.4, 0.5) is 5.69 Å². The fourth-order valence-corrected chi connectivity index (χ4v) is 2.71. The topological polar surface area (TPSA) is 75.6 Å². The highest BCUT2D eigenvalue weighted by atomic mass is 16.5. The van der Waals surface area contributed by atoms with Gasteiger partial charge in [-0.2, -0.15) is 0 Å². The number of hydrogen-bond donors (Lipinski definition) is 2. The second kappa shape index (κ2) is 6.61. The minimum absolute atomic E-state index is 0.0917. The maximum absolute atomic E-state index is 12.2. The van der Waals surface area contributed by atoms with Crippen LogP contribution in [-0.2, 0) is 9.59 Å². The molecule has 0 radical (unpaired) electrons. The normalized spacial score (nSPS) is 21.0. The van der Waals surface area contributed by atoms with Gasteiger partial charge in [0, 0.05) is 11.6 Å². The number of ether oxygens (including phenoxy) is 1. The van der Waals surface area contributed by atoms with Crippen molar-refractivity contribution in [3.63, 3.8) is 0 Å². The zero-order chi connectivity index (χ0) is 15.4. The van der Waals surface area contributed by atoms with Gasteiger partial charge in [-0.05, 0) is 56.9 Å². The lowest BCUT2D eigenvalue weighted by Crippen LogP contribution is -2.22. The molecule has 1 amide bonds. The molecule has 0 spiro atoms. The molecule has 1 aromatic carbocycles. The molecule has 2 atom stereocenters. The first-order chi connectivity index (χ1) is 10.0. The van der Waals surface area contributed by atoms with Crippen molar-refractivity contribution in [1.29, 1.82) is 0 Å². The summed E-state index contributed by atoms with van der Waals surface area (Å²) in [5, 5.41) is 11.9. The van der Waals surface area contributed by atoms with E-state index in [0.29, 0.717) is 25.9 Å². The van der Waals surface area contributed by atoms with Gasteiger partial charge in [0.2, 0.25) is 5.91 Å². The number of aliphatic carboxylic acids is 1. The number of nitrogens with one attached hydrogen (secondary N) is 1. The molecule has 1 saturated carbocycles. The Bertz CT molecular complexity index is 541. The van der Waals surface area contributed by atoms with Crippen LogP contribution in [0.5, 0.6) is 5.75 Å². The Morgan fingerprint density at radius 3 is 2.62 bits per heavy atom. The lowest BCUT2D eigenvalue weighted by Gasteiger charge is -2.14. The van der Waals surface area contributed by atoms with E-state index in [1.54, 1.807) is 0 Å². The Kier molecular flexibility index (Phi) is 4.83. The smallest absolute Gasteiger partial charge is 0.306 e. The van der Waals surface area contributed by atoms with E-state index in [1.165, 1.54) is 0 Å². The first kappa shape index (κ1) is 15.4. The zero-order valence-electron chi connectivity index (χ0n) is 12.4.